The van der Waals surface area contributed by atoms with E-state index >= 15 is 0 Å². The summed E-state index contributed by atoms with van der Waals surface area (Å²) >= 11 is 0. The van der Waals surface area contributed by atoms with Gasteiger partial charge in [0.25, 0.3) is 0 Å². The highest BCUT2D eigenvalue weighted by atomic mass is 32.3. The molecule has 204 valence electrons. The average Bonchev–Trinajstić information content (AvgIpc) is 2.91. The van der Waals surface area contributed by atoms with Crippen LogP contribution >= 0.6 is 10.3 Å². The van der Waals surface area contributed by atoms with Gasteiger partial charge in [-0.15, -0.1) is 8.42 Å². The molecule has 1 N–H and O–H groups in total. The molecule has 0 fully saturated rings. The van der Waals surface area contributed by atoms with E-state index in [9.17, 15) is 13.2 Å². The van der Waals surface area contributed by atoms with Gasteiger partial charge in [-0.25, -0.2) is 14.8 Å². The average molecular weight is 568 g/mol. The lowest BCUT2D eigenvalue weighted by Gasteiger charge is -2.32. The monoisotopic (exact) mass is 567 g/mol. The number of aryl methyl sites for hydroxylation is 1. The Morgan fingerprint density at radius 3 is 1.82 bits per heavy atom. The minimum absolute atomic E-state index is 0.0779. The largest absolute Gasteiger partial charge is 0.482 e. The smallest absolute Gasteiger partial charge is 0.422 e. The Morgan fingerprint density at radius 2 is 1.33 bits per heavy atom. The van der Waals surface area contributed by atoms with Gasteiger partial charge in [0.15, 0.2) is 16.7 Å². The van der Waals surface area contributed by atoms with Gasteiger partial charge in [0.2, 0.25) is 0 Å². The number of carbonyl (C=O) groups is 1. The number of aromatic nitrogens is 2. The van der Waals surface area contributed by atoms with Gasteiger partial charge in [0, 0.05) is 12.4 Å². The first-order valence-corrected chi connectivity index (χ1v) is 15.2. The summed E-state index contributed by atoms with van der Waals surface area (Å²) in [7, 11) is -6.99. The molecular weight excluding hydrogens is 536 g/mol. The van der Waals surface area contributed by atoms with Gasteiger partial charge in [-0.2, -0.15) is 0 Å². The lowest BCUT2D eigenvalue weighted by molar-refractivity contribution is -0.157. The Balaban J connectivity index is 1.79. The number of carbonyl (C=O) groups excluding carboxylic acids is 1. The molecule has 0 saturated heterocycles. The maximum Gasteiger partial charge on any atom is 0.422 e. The molecule has 0 aliphatic carbocycles. The summed E-state index contributed by atoms with van der Waals surface area (Å²) in [6.45, 7) is 6.97. The summed E-state index contributed by atoms with van der Waals surface area (Å²) in [5.74, 6) is -0.0750. The number of nitrogens with zero attached hydrogens (tertiary/aromatic N) is 2. The molecule has 10 heteroatoms. The summed E-state index contributed by atoms with van der Waals surface area (Å²) in [4.78, 5) is 21.9. The van der Waals surface area contributed by atoms with E-state index in [1.165, 1.54) is 0 Å². The number of pyridine rings is 2. The van der Waals surface area contributed by atoms with Crippen LogP contribution in [0.4, 0.5) is 0 Å². The van der Waals surface area contributed by atoms with Crippen LogP contribution < -0.4 is 4.74 Å². The van der Waals surface area contributed by atoms with Crippen LogP contribution in [0.5, 0.6) is 5.75 Å². The van der Waals surface area contributed by atoms with E-state index in [1.807, 2.05) is 6.92 Å². The van der Waals surface area contributed by atoms with Crippen molar-refractivity contribution in [1.29, 1.82) is 0 Å². The quantitative estimate of drug-likeness (QED) is 0.135. The standard InChI is InChI=1S/C29H30N2O6S2/c1-22-11-15-25(16-12-22)39(33,34)37-38(26-9-5-7-19-30-26,27-10-6-8-20-31-27)24-17-13-23(14-18-24)35-21-28(32)36-29(2,3)4/h5-20H,21H2,1-4H3/p+1. The second kappa shape index (κ2) is 11.6. The summed E-state index contributed by atoms with van der Waals surface area (Å²) in [5, 5.41) is 0.920. The molecule has 2 heterocycles. The molecule has 0 aliphatic heterocycles. The molecule has 0 aliphatic rings. The van der Waals surface area contributed by atoms with Crippen LogP contribution in [0.3, 0.4) is 0 Å². The lowest BCUT2D eigenvalue weighted by atomic mass is 10.2. The molecule has 0 atom stereocenters. The maximum atomic E-state index is 13.8. The van der Waals surface area contributed by atoms with Gasteiger partial charge < -0.3 is 9.47 Å². The minimum atomic E-state index is -4.14. The van der Waals surface area contributed by atoms with E-state index in [0.29, 0.717) is 20.7 Å². The fourth-order valence-corrected chi connectivity index (χ4v) is 8.82. The highest BCUT2D eigenvalue weighted by Gasteiger charge is 2.45. The molecule has 0 amide bonds. The topological polar surface area (TPSA) is 108 Å². The van der Waals surface area contributed by atoms with E-state index < -0.39 is 32.0 Å². The van der Waals surface area contributed by atoms with Crippen LogP contribution in [0.2, 0.25) is 0 Å². The van der Waals surface area contributed by atoms with Crippen molar-refractivity contribution in [2.45, 2.75) is 53.1 Å². The first kappa shape index (κ1) is 28.3. The Bertz CT molecular complexity index is 1470. The predicted octanol–water partition coefficient (Wildman–Crippen LogP) is 6.18. The van der Waals surface area contributed by atoms with Gasteiger partial charge in [-0.3, -0.25) is 3.63 Å². The summed E-state index contributed by atoms with van der Waals surface area (Å²) in [6, 6.07) is 24.0. The van der Waals surface area contributed by atoms with E-state index in [-0.39, 0.29) is 11.5 Å². The van der Waals surface area contributed by atoms with Gasteiger partial charge in [0.1, 0.15) is 26.6 Å². The van der Waals surface area contributed by atoms with Crippen molar-refractivity contribution < 1.29 is 26.3 Å². The molecule has 2 aromatic carbocycles. The first-order valence-electron chi connectivity index (χ1n) is 12.2. The molecule has 4 aromatic rings. The van der Waals surface area contributed by atoms with Crippen LogP contribution in [0.25, 0.3) is 0 Å². The van der Waals surface area contributed by atoms with Crippen molar-refractivity contribution in [2.24, 2.45) is 0 Å². The maximum absolute atomic E-state index is 13.8. The number of rotatable bonds is 9. The summed E-state index contributed by atoms with van der Waals surface area (Å²) in [5.41, 5.74) is 0.312. The van der Waals surface area contributed by atoms with Crippen LogP contribution in [-0.4, -0.2) is 40.2 Å². The third-order valence-corrected chi connectivity index (χ3v) is 10.5. The molecule has 39 heavy (non-hydrogen) atoms. The van der Waals surface area contributed by atoms with E-state index in [1.54, 1.807) is 118 Å². The summed E-state index contributed by atoms with van der Waals surface area (Å²) < 4.78 is 43.1. The van der Waals surface area contributed by atoms with Crippen molar-refractivity contribution in [3.05, 3.63) is 103 Å². The fourth-order valence-electron chi connectivity index (χ4n) is 3.66. The summed E-state index contributed by atoms with van der Waals surface area (Å²) in [6.07, 6.45) is 3.21. The molecule has 0 bridgehead atoms. The Kier molecular flexibility index (Phi) is 8.39. The van der Waals surface area contributed by atoms with Crippen LogP contribution in [0, 0.1) is 6.92 Å². The zero-order chi connectivity index (χ0) is 28.1. The highest BCUT2D eigenvalue weighted by molar-refractivity contribution is 8.32. The molecule has 4 rings (SSSR count). The van der Waals surface area contributed by atoms with Crippen molar-refractivity contribution in [1.82, 2.24) is 9.97 Å². The SMILES string of the molecule is Cc1ccc(S(=O)(=O)[OH+]S(c2ccc(OCC(=O)OC(C)(C)C)cc2)(c2ccccn2)c2ccccn2)cc1. The second-order valence-corrected chi connectivity index (χ2v) is 14.1. The molecule has 0 unspecified atom stereocenters. The highest BCUT2D eigenvalue weighted by Crippen LogP contribution is 2.67. The minimum Gasteiger partial charge on any atom is -0.482 e. The Labute approximate surface area is 230 Å². The molecule has 0 radical (unpaired) electrons. The normalized spacial score (nSPS) is 12.5. The molecule has 0 saturated carbocycles. The predicted molar refractivity (Wildman–Crippen MR) is 150 cm³/mol. The fraction of sp³-hybridized carbons (Fsp3) is 0.207. The van der Waals surface area contributed by atoms with Crippen LogP contribution in [0.15, 0.2) is 117 Å². The van der Waals surface area contributed by atoms with Crippen molar-refractivity contribution in [2.75, 3.05) is 6.61 Å². The van der Waals surface area contributed by atoms with Crippen molar-refractivity contribution >= 4 is 26.4 Å². The second-order valence-electron chi connectivity index (χ2n) is 9.63. The molecule has 2 aromatic heterocycles. The number of esters is 1. The third-order valence-electron chi connectivity index (χ3n) is 5.35. The van der Waals surface area contributed by atoms with Crippen LogP contribution in [0.1, 0.15) is 26.3 Å². The Morgan fingerprint density at radius 1 is 0.795 bits per heavy atom. The molecule has 8 nitrogen and oxygen atoms in total. The molecule has 0 spiro atoms. The van der Waals surface area contributed by atoms with Gasteiger partial charge in [0.05, 0.1) is 4.90 Å². The van der Waals surface area contributed by atoms with E-state index in [4.69, 9.17) is 9.47 Å². The van der Waals surface area contributed by atoms with Crippen molar-refractivity contribution in [3.63, 3.8) is 0 Å². The van der Waals surface area contributed by atoms with Gasteiger partial charge in [-0.05, 0) is 88.4 Å². The van der Waals surface area contributed by atoms with E-state index in [2.05, 4.69) is 13.6 Å². The van der Waals surface area contributed by atoms with Crippen molar-refractivity contribution in [3.8, 4) is 5.75 Å². The number of hydrogen-bond acceptors (Lipinski definition) is 7. The lowest BCUT2D eigenvalue weighted by Crippen LogP contribution is -2.27. The first-order chi connectivity index (χ1) is 18.5. The number of benzene rings is 2. The van der Waals surface area contributed by atoms with Gasteiger partial charge >= 0.3 is 16.1 Å². The number of hydrogen-bond donors (Lipinski definition) is 0. The van der Waals surface area contributed by atoms with Crippen LogP contribution in [-0.2, 0) is 19.6 Å². The zero-order valence-electron chi connectivity index (χ0n) is 22.1. The number of ether oxygens (including phenoxy) is 2. The third kappa shape index (κ3) is 6.83. The Hall–Kier alpha value is -3.73. The zero-order valence-corrected chi connectivity index (χ0v) is 23.8. The van der Waals surface area contributed by atoms with E-state index in [0.717, 1.165) is 5.56 Å². The molecular formula is C29H31N2O6S2+. The van der Waals surface area contributed by atoms with Gasteiger partial charge in [-0.1, -0.05) is 29.8 Å².